The lowest BCUT2D eigenvalue weighted by Crippen LogP contribution is -2.42. The SMILES string of the molecule is O=C(c1ccccc1F)N1CCO[C@@H](c2nc(-c3ncccn3)no2)C1. The first-order chi connectivity index (χ1) is 12.7. The molecule has 1 aliphatic rings. The van der Waals surface area contributed by atoms with E-state index in [1.54, 1.807) is 30.6 Å². The van der Waals surface area contributed by atoms with Gasteiger partial charge in [0.05, 0.1) is 18.7 Å². The number of carbonyl (C=O) groups is 1. The van der Waals surface area contributed by atoms with Gasteiger partial charge in [-0.1, -0.05) is 17.3 Å². The molecule has 132 valence electrons. The van der Waals surface area contributed by atoms with Gasteiger partial charge in [-0.05, 0) is 18.2 Å². The molecular formula is C17H14FN5O3. The molecule has 8 nitrogen and oxygen atoms in total. The number of morpholine rings is 1. The fourth-order valence-corrected chi connectivity index (χ4v) is 2.66. The van der Waals surface area contributed by atoms with Crippen LogP contribution in [0.3, 0.4) is 0 Å². The number of ether oxygens (including phenoxy) is 1. The molecule has 26 heavy (non-hydrogen) atoms. The van der Waals surface area contributed by atoms with E-state index >= 15 is 0 Å². The predicted octanol–water partition coefficient (Wildman–Crippen LogP) is 1.88. The molecule has 0 bridgehead atoms. The fourth-order valence-electron chi connectivity index (χ4n) is 2.66. The van der Waals surface area contributed by atoms with Crippen LogP contribution in [0.2, 0.25) is 0 Å². The van der Waals surface area contributed by atoms with E-state index in [-0.39, 0.29) is 30.4 Å². The Morgan fingerprint density at radius 1 is 1.15 bits per heavy atom. The number of aromatic nitrogens is 4. The van der Waals surface area contributed by atoms with Gasteiger partial charge in [-0.25, -0.2) is 14.4 Å². The Morgan fingerprint density at radius 2 is 1.96 bits per heavy atom. The molecule has 1 amide bonds. The largest absolute Gasteiger partial charge is 0.365 e. The Morgan fingerprint density at radius 3 is 2.77 bits per heavy atom. The number of hydrogen-bond acceptors (Lipinski definition) is 7. The normalized spacial score (nSPS) is 17.3. The Balaban J connectivity index is 1.52. The van der Waals surface area contributed by atoms with Gasteiger partial charge in [-0.15, -0.1) is 0 Å². The topological polar surface area (TPSA) is 94.2 Å². The van der Waals surface area contributed by atoms with Gasteiger partial charge in [-0.2, -0.15) is 4.98 Å². The number of amides is 1. The molecular weight excluding hydrogens is 341 g/mol. The molecule has 1 saturated heterocycles. The lowest BCUT2D eigenvalue weighted by Gasteiger charge is -2.31. The van der Waals surface area contributed by atoms with Crippen LogP contribution in [-0.2, 0) is 4.74 Å². The van der Waals surface area contributed by atoms with Gasteiger partial charge in [0.1, 0.15) is 5.82 Å². The van der Waals surface area contributed by atoms with E-state index in [1.165, 1.54) is 17.0 Å². The fraction of sp³-hybridized carbons (Fsp3) is 0.235. The Hall–Kier alpha value is -3.20. The van der Waals surface area contributed by atoms with Crippen LogP contribution in [0.1, 0.15) is 22.4 Å². The van der Waals surface area contributed by atoms with Crippen molar-refractivity contribution in [3.63, 3.8) is 0 Å². The number of nitrogens with zero attached hydrogens (tertiary/aromatic N) is 5. The zero-order valence-corrected chi connectivity index (χ0v) is 13.6. The van der Waals surface area contributed by atoms with Crippen molar-refractivity contribution in [1.29, 1.82) is 0 Å². The van der Waals surface area contributed by atoms with Crippen LogP contribution >= 0.6 is 0 Å². The van der Waals surface area contributed by atoms with Crippen molar-refractivity contribution in [2.24, 2.45) is 0 Å². The minimum Gasteiger partial charge on any atom is -0.365 e. The number of hydrogen-bond donors (Lipinski definition) is 0. The second-order valence-corrected chi connectivity index (χ2v) is 5.62. The first kappa shape index (κ1) is 16.3. The van der Waals surface area contributed by atoms with Gasteiger partial charge in [0.25, 0.3) is 11.8 Å². The summed E-state index contributed by atoms with van der Waals surface area (Å²) in [6, 6.07) is 7.56. The molecule has 4 rings (SSSR count). The van der Waals surface area contributed by atoms with Crippen LogP contribution in [0.4, 0.5) is 4.39 Å². The molecule has 2 aromatic heterocycles. The van der Waals surface area contributed by atoms with E-state index in [2.05, 4.69) is 20.1 Å². The first-order valence-electron chi connectivity index (χ1n) is 7.99. The lowest BCUT2D eigenvalue weighted by atomic mass is 10.1. The summed E-state index contributed by atoms with van der Waals surface area (Å²) in [5.74, 6) is -0.165. The van der Waals surface area contributed by atoms with E-state index in [0.29, 0.717) is 12.4 Å². The molecule has 0 aliphatic carbocycles. The van der Waals surface area contributed by atoms with Crippen LogP contribution in [0.25, 0.3) is 11.6 Å². The van der Waals surface area contributed by atoms with Gasteiger partial charge in [0.15, 0.2) is 6.10 Å². The van der Waals surface area contributed by atoms with Crippen molar-refractivity contribution in [2.45, 2.75) is 6.10 Å². The summed E-state index contributed by atoms with van der Waals surface area (Å²) in [5.41, 5.74) is 0.0250. The number of halogens is 1. The Labute approximate surface area is 147 Å². The summed E-state index contributed by atoms with van der Waals surface area (Å²) in [6.07, 6.45) is 2.55. The van der Waals surface area contributed by atoms with E-state index < -0.39 is 17.8 Å². The third-order valence-corrected chi connectivity index (χ3v) is 3.94. The van der Waals surface area contributed by atoms with Gasteiger partial charge in [-0.3, -0.25) is 4.79 Å². The van der Waals surface area contributed by atoms with Gasteiger partial charge in [0, 0.05) is 18.9 Å². The third-order valence-electron chi connectivity index (χ3n) is 3.94. The highest BCUT2D eigenvalue weighted by atomic mass is 19.1. The van der Waals surface area contributed by atoms with E-state index in [9.17, 15) is 9.18 Å². The molecule has 0 radical (unpaired) electrons. The predicted molar refractivity (Wildman–Crippen MR) is 86.3 cm³/mol. The van der Waals surface area contributed by atoms with Gasteiger partial charge < -0.3 is 14.2 Å². The lowest BCUT2D eigenvalue weighted by molar-refractivity contribution is -0.0368. The van der Waals surface area contributed by atoms with E-state index in [0.717, 1.165) is 0 Å². The smallest absolute Gasteiger partial charge is 0.258 e. The molecule has 1 fully saturated rings. The average molecular weight is 355 g/mol. The standard InChI is InChI=1S/C17H14FN5O3/c18-12-5-2-1-4-11(12)17(24)23-8-9-25-13(10-23)16-21-15(22-26-16)14-19-6-3-7-20-14/h1-7,13H,8-10H2/t13-/m1/s1. The number of benzene rings is 1. The van der Waals surface area contributed by atoms with E-state index in [4.69, 9.17) is 9.26 Å². The second kappa shape index (κ2) is 6.96. The maximum absolute atomic E-state index is 13.9. The molecule has 1 aliphatic heterocycles. The zero-order chi connectivity index (χ0) is 17.9. The van der Waals surface area contributed by atoms with Crippen LogP contribution in [0.5, 0.6) is 0 Å². The molecule has 9 heteroatoms. The molecule has 3 aromatic rings. The summed E-state index contributed by atoms with van der Waals surface area (Å²) >= 11 is 0. The Kier molecular flexibility index (Phi) is 4.36. The van der Waals surface area contributed by atoms with Crippen LogP contribution < -0.4 is 0 Å². The second-order valence-electron chi connectivity index (χ2n) is 5.62. The van der Waals surface area contributed by atoms with Crippen molar-refractivity contribution in [2.75, 3.05) is 19.7 Å². The van der Waals surface area contributed by atoms with Crippen LogP contribution in [0, 0.1) is 5.82 Å². The summed E-state index contributed by atoms with van der Waals surface area (Å²) in [6.45, 7) is 0.821. The van der Waals surface area contributed by atoms with Gasteiger partial charge in [0.2, 0.25) is 11.6 Å². The van der Waals surface area contributed by atoms with Crippen molar-refractivity contribution in [1.82, 2.24) is 25.0 Å². The average Bonchev–Trinajstić information content (AvgIpc) is 3.19. The molecule has 1 aromatic carbocycles. The highest BCUT2D eigenvalue weighted by Crippen LogP contribution is 2.24. The van der Waals surface area contributed by atoms with Crippen molar-refractivity contribution < 1.29 is 18.4 Å². The minimum atomic E-state index is -0.593. The molecule has 0 N–H and O–H groups in total. The zero-order valence-electron chi connectivity index (χ0n) is 13.6. The van der Waals surface area contributed by atoms with Gasteiger partial charge >= 0.3 is 0 Å². The Bertz CT molecular complexity index is 918. The van der Waals surface area contributed by atoms with Crippen molar-refractivity contribution >= 4 is 5.91 Å². The highest BCUT2D eigenvalue weighted by molar-refractivity contribution is 5.94. The maximum atomic E-state index is 13.9. The molecule has 0 spiro atoms. The molecule has 0 unspecified atom stereocenters. The number of carbonyl (C=O) groups excluding carboxylic acids is 1. The van der Waals surface area contributed by atoms with Crippen molar-refractivity contribution in [3.8, 4) is 11.6 Å². The number of rotatable bonds is 3. The van der Waals surface area contributed by atoms with Crippen LogP contribution in [-0.4, -0.2) is 50.6 Å². The molecule has 3 heterocycles. The van der Waals surface area contributed by atoms with E-state index in [1.807, 2.05) is 0 Å². The highest BCUT2D eigenvalue weighted by Gasteiger charge is 2.31. The minimum absolute atomic E-state index is 0.0250. The summed E-state index contributed by atoms with van der Waals surface area (Å²) in [5, 5.41) is 3.85. The third kappa shape index (κ3) is 3.16. The first-order valence-corrected chi connectivity index (χ1v) is 7.99. The summed E-state index contributed by atoms with van der Waals surface area (Å²) < 4.78 is 24.7. The molecule has 0 saturated carbocycles. The van der Waals surface area contributed by atoms with Crippen molar-refractivity contribution in [3.05, 3.63) is 60.0 Å². The summed E-state index contributed by atoms with van der Waals surface area (Å²) in [7, 11) is 0. The monoisotopic (exact) mass is 355 g/mol. The molecule has 1 atom stereocenters. The quantitative estimate of drug-likeness (QED) is 0.708. The summed E-state index contributed by atoms with van der Waals surface area (Å²) in [4.78, 5) is 26.4. The maximum Gasteiger partial charge on any atom is 0.258 e. The van der Waals surface area contributed by atoms with Crippen LogP contribution in [0.15, 0.2) is 47.2 Å².